The van der Waals surface area contributed by atoms with Crippen molar-refractivity contribution in [2.75, 3.05) is 37.6 Å². The molecule has 0 bridgehead atoms. The van der Waals surface area contributed by atoms with E-state index >= 15 is 0 Å². The lowest BCUT2D eigenvalue weighted by Crippen LogP contribution is -2.41. The zero-order chi connectivity index (χ0) is 16.4. The summed E-state index contributed by atoms with van der Waals surface area (Å²) in [7, 11) is 0. The third kappa shape index (κ3) is 3.91. The molecule has 2 saturated heterocycles. The molecule has 7 nitrogen and oxygen atoms in total. The summed E-state index contributed by atoms with van der Waals surface area (Å²) in [5.41, 5.74) is -0.0848. The van der Waals surface area contributed by atoms with Crippen molar-refractivity contribution >= 4 is 23.1 Å². The number of pyridine rings is 1. The van der Waals surface area contributed by atoms with Crippen LogP contribution in [0.15, 0.2) is 12.3 Å². The number of halogens is 1. The summed E-state index contributed by atoms with van der Waals surface area (Å²) >= 11 is 6.19. The van der Waals surface area contributed by atoms with Crippen molar-refractivity contribution in [3.8, 4) is 0 Å². The number of hydrogen-bond acceptors (Lipinski definition) is 6. The van der Waals surface area contributed by atoms with Crippen LogP contribution >= 0.6 is 11.6 Å². The molecule has 23 heavy (non-hydrogen) atoms. The first-order valence-electron chi connectivity index (χ1n) is 7.98. The Morgan fingerprint density at radius 2 is 2.22 bits per heavy atom. The summed E-state index contributed by atoms with van der Waals surface area (Å²) in [6.45, 7) is 4.39. The van der Waals surface area contributed by atoms with Gasteiger partial charge in [-0.3, -0.25) is 10.1 Å². The quantitative estimate of drug-likeness (QED) is 0.666. The fourth-order valence-electron chi connectivity index (χ4n) is 3.50. The number of piperidine rings is 1. The van der Waals surface area contributed by atoms with Gasteiger partial charge in [0.1, 0.15) is 12.0 Å². The van der Waals surface area contributed by atoms with Gasteiger partial charge in [0.2, 0.25) is 0 Å². The fraction of sp³-hybridized carbons (Fsp3) is 0.667. The van der Waals surface area contributed by atoms with Gasteiger partial charge < -0.3 is 14.9 Å². The van der Waals surface area contributed by atoms with Crippen LogP contribution in [0, 0.1) is 16.0 Å². The number of anilines is 1. The first kappa shape index (κ1) is 16.4. The summed E-state index contributed by atoms with van der Waals surface area (Å²) in [5, 5.41) is 20.7. The molecule has 2 unspecified atom stereocenters. The number of β-amino-alcohol motifs (C(OH)–C–C–N with tert-alkyl or cyclic N) is 1. The van der Waals surface area contributed by atoms with E-state index in [1.807, 2.05) is 0 Å². The highest BCUT2D eigenvalue weighted by atomic mass is 35.5. The van der Waals surface area contributed by atoms with Gasteiger partial charge in [0.15, 0.2) is 0 Å². The van der Waals surface area contributed by atoms with Crippen LogP contribution in [0.1, 0.15) is 19.3 Å². The summed E-state index contributed by atoms with van der Waals surface area (Å²) in [6.07, 6.45) is 4.12. The molecule has 2 aliphatic heterocycles. The number of rotatable bonds is 4. The van der Waals surface area contributed by atoms with Gasteiger partial charge in [-0.2, -0.15) is 0 Å². The van der Waals surface area contributed by atoms with Crippen LogP contribution in [-0.2, 0) is 0 Å². The fourth-order valence-corrected chi connectivity index (χ4v) is 3.78. The molecule has 2 aliphatic rings. The normalized spacial score (nSPS) is 25.7. The van der Waals surface area contributed by atoms with Crippen LogP contribution in [0.3, 0.4) is 0 Å². The van der Waals surface area contributed by atoms with Gasteiger partial charge >= 0.3 is 0 Å². The van der Waals surface area contributed by atoms with Crippen LogP contribution in [-0.4, -0.2) is 58.7 Å². The number of aliphatic hydroxyl groups is 1. The monoisotopic (exact) mass is 340 g/mol. The zero-order valence-corrected chi connectivity index (χ0v) is 13.7. The Labute approximate surface area is 140 Å². The van der Waals surface area contributed by atoms with Crippen molar-refractivity contribution in [3.05, 3.63) is 27.4 Å². The molecule has 2 fully saturated rings. The Kier molecular flexibility index (Phi) is 4.99. The average molecular weight is 341 g/mol. The lowest BCUT2D eigenvalue weighted by Gasteiger charge is -2.35. The number of aliphatic hydroxyl groups excluding tert-OH is 1. The van der Waals surface area contributed by atoms with Crippen molar-refractivity contribution in [1.29, 1.82) is 0 Å². The molecular weight excluding hydrogens is 320 g/mol. The third-order valence-corrected chi connectivity index (χ3v) is 4.88. The van der Waals surface area contributed by atoms with E-state index in [1.54, 1.807) is 0 Å². The van der Waals surface area contributed by atoms with Crippen LogP contribution < -0.4 is 4.90 Å². The molecule has 0 aliphatic carbocycles. The lowest BCUT2D eigenvalue weighted by molar-refractivity contribution is -0.385. The van der Waals surface area contributed by atoms with Gasteiger partial charge in [-0.05, 0) is 25.2 Å². The molecule has 0 radical (unpaired) electrons. The maximum Gasteiger partial charge on any atom is 0.289 e. The maximum atomic E-state index is 10.8. The Balaban J connectivity index is 1.65. The highest BCUT2D eigenvalue weighted by Gasteiger charge is 2.27. The predicted octanol–water partition coefficient (Wildman–Crippen LogP) is 1.93. The Bertz CT molecular complexity index is 586. The Morgan fingerprint density at radius 1 is 1.39 bits per heavy atom. The summed E-state index contributed by atoms with van der Waals surface area (Å²) in [6, 6.07) is 1.37. The van der Waals surface area contributed by atoms with Crippen LogP contribution in [0.2, 0.25) is 5.02 Å². The van der Waals surface area contributed by atoms with Crippen molar-refractivity contribution < 1.29 is 10.0 Å². The number of nitrogens with zero attached hydrogens (tertiary/aromatic N) is 4. The van der Waals surface area contributed by atoms with E-state index in [0.29, 0.717) is 16.8 Å². The standard InChI is InChI=1S/C15H21ClN4O3/c16-14-6-12(20(22)23)7-17-15(14)19-4-1-2-11(9-19)8-18-5-3-13(21)10-18/h6-7,11,13,21H,1-5,8-10H2. The van der Waals surface area contributed by atoms with E-state index in [9.17, 15) is 15.2 Å². The molecule has 1 aromatic heterocycles. The third-order valence-electron chi connectivity index (χ3n) is 4.60. The number of hydrogen-bond donors (Lipinski definition) is 1. The van der Waals surface area contributed by atoms with Crippen LogP contribution in [0.25, 0.3) is 0 Å². The minimum atomic E-state index is -0.486. The molecule has 1 aromatic rings. The molecule has 0 aromatic carbocycles. The van der Waals surface area contributed by atoms with Gasteiger partial charge in [0.25, 0.3) is 5.69 Å². The van der Waals surface area contributed by atoms with E-state index in [4.69, 9.17) is 11.6 Å². The van der Waals surface area contributed by atoms with Crippen molar-refractivity contribution in [2.24, 2.45) is 5.92 Å². The largest absolute Gasteiger partial charge is 0.392 e. The van der Waals surface area contributed by atoms with Crippen LogP contribution in [0.4, 0.5) is 11.5 Å². The van der Waals surface area contributed by atoms with Crippen molar-refractivity contribution in [3.63, 3.8) is 0 Å². The minimum absolute atomic E-state index is 0.0848. The summed E-state index contributed by atoms with van der Waals surface area (Å²) in [5.74, 6) is 1.13. The topological polar surface area (TPSA) is 82.7 Å². The van der Waals surface area contributed by atoms with Gasteiger partial charge in [-0.25, -0.2) is 4.98 Å². The molecule has 0 spiro atoms. The smallest absolute Gasteiger partial charge is 0.289 e. The Hall–Kier alpha value is -1.44. The molecule has 126 valence electrons. The summed E-state index contributed by atoms with van der Waals surface area (Å²) in [4.78, 5) is 18.9. The lowest BCUT2D eigenvalue weighted by atomic mass is 9.97. The first-order chi connectivity index (χ1) is 11.0. The highest BCUT2D eigenvalue weighted by Crippen LogP contribution is 2.30. The first-order valence-corrected chi connectivity index (χ1v) is 8.36. The van der Waals surface area contributed by atoms with Gasteiger partial charge in [-0.1, -0.05) is 11.6 Å². The zero-order valence-electron chi connectivity index (χ0n) is 12.9. The molecule has 0 amide bonds. The van der Waals surface area contributed by atoms with E-state index < -0.39 is 4.92 Å². The predicted molar refractivity (Wildman–Crippen MR) is 87.9 cm³/mol. The van der Waals surface area contributed by atoms with Gasteiger partial charge in [-0.15, -0.1) is 0 Å². The van der Waals surface area contributed by atoms with E-state index in [0.717, 1.165) is 52.0 Å². The summed E-state index contributed by atoms with van der Waals surface area (Å²) < 4.78 is 0. The second kappa shape index (κ2) is 6.98. The molecule has 2 atom stereocenters. The maximum absolute atomic E-state index is 10.8. The SMILES string of the molecule is O=[N+]([O-])c1cnc(N2CCCC(CN3CCC(O)C3)C2)c(Cl)c1. The van der Waals surface area contributed by atoms with E-state index in [-0.39, 0.29) is 11.8 Å². The Morgan fingerprint density at radius 3 is 2.87 bits per heavy atom. The minimum Gasteiger partial charge on any atom is -0.392 e. The number of likely N-dealkylation sites (tertiary alicyclic amines) is 1. The molecule has 8 heteroatoms. The average Bonchev–Trinajstić information content (AvgIpc) is 2.92. The van der Waals surface area contributed by atoms with Gasteiger partial charge in [0, 0.05) is 38.8 Å². The molecular formula is C15H21ClN4O3. The van der Waals surface area contributed by atoms with Crippen LogP contribution in [0.5, 0.6) is 0 Å². The van der Waals surface area contributed by atoms with E-state index in [2.05, 4.69) is 14.8 Å². The number of nitro groups is 1. The van der Waals surface area contributed by atoms with Gasteiger partial charge in [0.05, 0.1) is 16.0 Å². The second-order valence-electron chi connectivity index (χ2n) is 6.41. The highest BCUT2D eigenvalue weighted by molar-refractivity contribution is 6.33. The van der Waals surface area contributed by atoms with Crippen molar-refractivity contribution in [1.82, 2.24) is 9.88 Å². The molecule has 3 heterocycles. The van der Waals surface area contributed by atoms with Crippen molar-refractivity contribution in [2.45, 2.75) is 25.4 Å². The molecule has 1 N–H and O–H groups in total. The molecule has 3 rings (SSSR count). The number of aromatic nitrogens is 1. The molecule has 0 saturated carbocycles. The second-order valence-corrected chi connectivity index (χ2v) is 6.82. The van der Waals surface area contributed by atoms with E-state index in [1.165, 1.54) is 12.3 Å².